The first-order valence-electron chi connectivity index (χ1n) is 8.47. The fourth-order valence-corrected chi connectivity index (χ4v) is 4.80. The van der Waals surface area contributed by atoms with Crippen LogP contribution in [0.4, 0.5) is 0 Å². The van der Waals surface area contributed by atoms with E-state index in [1.807, 2.05) is 18.2 Å². The second kappa shape index (κ2) is 6.51. The van der Waals surface area contributed by atoms with Gasteiger partial charge in [0.2, 0.25) is 0 Å². The largest absolute Gasteiger partial charge is 0.331 e. The smallest absolute Gasteiger partial charge is 0.255 e. The average Bonchev–Trinajstić information content (AvgIpc) is 3.04. The molecule has 1 spiro atoms. The maximum absolute atomic E-state index is 13.2. The van der Waals surface area contributed by atoms with Gasteiger partial charge in [0.05, 0.1) is 10.6 Å². The van der Waals surface area contributed by atoms with E-state index < -0.39 is 0 Å². The van der Waals surface area contributed by atoms with E-state index in [0.717, 1.165) is 32.4 Å². The van der Waals surface area contributed by atoms with Crippen molar-refractivity contribution in [3.63, 3.8) is 0 Å². The van der Waals surface area contributed by atoms with Crippen molar-refractivity contribution in [2.24, 2.45) is 5.41 Å². The summed E-state index contributed by atoms with van der Waals surface area (Å²) in [7, 11) is 0. The number of carbonyl (C=O) groups is 1. The lowest BCUT2D eigenvalue weighted by atomic mass is 9.93. The van der Waals surface area contributed by atoms with Crippen LogP contribution in [0.3, 0.4) is 0 Å². The van der Waals surface area contributed by atoms with E-state index in [0.29, 0.717) is 28.6 Å². The first-order valence-corrected chi connectivity index (χ1v) is 9.79. The zero-order valence-corrected chi connectivity index (χ0v) is 15.1. The minimum Gasteiger partial charge on any atom is -0.331 e. The first kappa shape index (κ1) is 16.1. The standard InChI is InChI=1S/C19H21ClN2OS/c20-16-4-2-1-3-15(16)18(23)22(12-14-5-10-24-13-14)17-11-19(17)6-8-21-9-7-19/h1-5,10,13,17,21H,6-9,11-12H2. The third-order valence-electron chi connectivity index (χ3n) is 5.42. The van der Waals surface area contributed by atoms with Crippen molar-refractivity contribution in [2.45, 2.75) is 31.8 Å². The number of carbonyl (C=O) groups excluding carboxylic acids is 1. The number of amides is 1. The minimum absolute atomic E-state index is 0.0622. The second-order valence-corrected chi connectivity index (χ2v) is 8.06. The Labute approximate surface area is 151 Å². The highest BCUT2D eigenvalue weighted by atomic mass is 35.5. The number of benzene rings is 1. The maximum Gasteiger partial charge on any atom is 0.255 e. The van der Waals surface area contributed by atoms with Crippen molar-refractivity contribution >= 4 is 28.8 Å². The molecule has 1 aromatic heterocycles. The van der Waals surface area contributed by atoms with Crippen LogP contribution in [0, 0.1) is 5.41 Å². The molecule has 2 aromatic rings. The van der Waals surface area contributed by atoms with E-state index in [1.165, 1.54) is 5.56 Å². The number of hydrogen-bond donors (Lipinski definition) is 1. The monoisotopic (exact) mass is 360 g/mol. The van der Waals surface area contributed by atoms with Crippen LogP contribution in [0.25, 0.3) is 0 Å². The summed E-state index contributed by atoms with van der Waals surface area (Å²) in [6.07, 6.45) is 3.44. The number of nitrogens with one attached hydrogen (secondary N) is 1. The molecule has 2 aliphatic rings. The Morgan fingerprint density at radius 2 is 2.08 bits per heavy atom. The summed E-state index contributed by atoms with van der Waals surface area (Å²) in [5, 5.41) is 8.17. The Bertz CT molecular complexity index is 725. The van der Waals surface area contributed by atoms with Gasteiger partial charge in [-0.05, 0) is 72.3 Å². The van der Waals surface area contributed by atoms with E-state index in [2.05, 4.69) is 27.0 Å². The summed E-state index contributed by atoms with van der Waals surface area (Å²) < 4.78 is 0. The molecule has 4 rings (SSSR count). The van der Waals surface area contributed by atoms with Crippen LogP contribution in [0.15, 0.2) is 41.1 Å². The number of rotatable bonds is 4. The van der Waals surface area contributed by atoms with Crippen LogP contribution in [0.5, 0.6) is 0 Å². The summed E-state index contributed by atoms with van der Waals surface area (Å²) in [6, 6.07) is 9.83. The second-order valence-electron chi connectivity index (χ2n) is 6.88. The van der Waals surface area contributed by atoms with Gasteiger partial charge in [0.25, 0.3) is 5.91 Å². The van der Waals surface area contributed by atoms with E-state index in [-0.39, 0.29) is 5.91 Å². The van der Waals surface area contributed by atoms with Gasteiger partial charge in [0.1, 0.15) is 0 Å². The van der Waals surface area contributed by atoms with Crippen molar-refractivity contribution in [2.75, 3.05) is 13.1 Å². The molecule has 24 heavy (non-hydrogen) atoms. The molecule has 1 aliphatic carbocycles. The summed E-state index contributed by atoms with van der Waals surface area (Å²) in [4.78, 5) is 15.3. The van der Waals surface area contributed by atoms with E-state index in [1.54, 1.807) is 17.4 Å². The zero-order chi connectivity index (χ0) is 16.6. The predicted octanol–water partition coefficient (Wildman–Crippen LogP) is 4.19. The number of piperidine rings is 1. The fraction of sp³-hybridized carbons (Fsp3) is 0.421. The molecule has 0 bridgehead atoms. The van der Waals surface area contributed by atoms with Crippen LogP contribution in [0.2, 0.25) is 5.02 Å². The Morgan fingerprint density at radius 1 is 1.29 bits per heavy atom. The molecule has 1 aromatic carbocycles. The van der Waals surface area contributed by atoms with Crippen molar-refractivity contribution in [3.05, 3.63) is 57.2 Å². The molecule has 1 unspecified atom stereocenters. The highest BCUT2D eigenvalue weighted by Crippen LogP contribution is 2.56. The Morgan fingerprint density at radius 3 is 2.79 bits per heavy atom. The van der Waals surface area contributed by atoms with Gasteiger partial charge in [0, 0.05) is 12.6 Å². The van der Waals surface area contributed by atoms with Gasteiger partial charge >= 0.3 is 0 Å². The molecule has 1 amide bonds. The van der Waals surface area contributed by atoms with Crippen molar-refractivity contribution in [1.29, 1.82) is 0 Å². The molecule has 2 heterocycles. The van der Waals surface area contributed by atoms with Gasteiger partial charge in [-0.15, -0.1) is 0 Å². The van der Waals surface area contributed by atoms with Crippen LogP contribution in [0.1, 0.15) is 35.2 Å². The quantitative estimate of drug-likeness (QED) is 0.886. The van der Waals surface area contributed by atoms with E-state index >= 15 is 0 Å². The highest BCUT2D eigenvalue weighted by molar-refractivity contribution is 7.07. The third-order valence-corrected chi connectivity index (χ3v) is 6.48. The lowest BCUT2D eigenvalue weighted by Crippen LogP contribution is -2.39. The van der Waals surface area contributed by atoms with Crippen LogP contribution < -0.4 is 5.32 Å². The molecular weight excluding hydrogens is 340 g/mol. The molecule has 2 fully saturated rings. The number of thiophene rings is 1. The number of hydrogen-bond acceptors (Lipinski definition) is 3. The normalized spacial score (nSPS) is 21.6. The fourth-order valence-electron chi connectivity index (χ4n) is 3.92. The topological polar surface area (TPSA) is 32.3 Å². The molecule has 5 heteroatoms. The number of halogens is 1. The molecule has 1 N–H and O–H groups in total. The molecule has 1 saturated carbocycles. The summed E-state index contributed by atoms with van der Waals surface area (Å²) in [6.45, 7) is 2.79. The van der Waals surface area contributed by atoms with Crippen LogP contribution in [-0.2, 0) is 6.54 Å². The van der Waals surface area contributed by atoms with Gasteiger partial charge < -0.3 is 10.2 Å². The molecule has 1 atom stereocenters. The lowest BCUT2D eigenvalue weighted by molar-refractivity contribution is 0.0692. The average molecular weight is 361 g/mol. The maximum atomic E-state index is 13.2. The highest BCUT2D eigenvalue weighted by Gasteiger charge is 2.57. The van der Waals surface area contributed by atoms with Gasteiger partial charge in [-0.25, -0.2) is 0 Å². The van der Waals surface area contributed by atoms with Crippen LogP contribution in [-0.4, -0.2) is 29.9 Å². The molecule has 3 nitrogen and oxygen atoms in total. The van der Waals surface area contributed by atoms with Crippen molar-refractivity contribution < 1.29 is 4.79 Å². The van der Waals surface area contributed by atoms with Crippen molar-refractivity contribution in [1.82, 2.24) is 10.2 Å². The summed E-state index contributed by atoms with van der Waals surface area (Å²) in [5.41, 5.74) is 2.14. The third kappa shape index (κ3) is 2.99. The van der Waals surface area contributed by atoms with Gasteiger partial charge in [-0.2, -0.15) is 11.3 Å². The van der Waals surface area contributed by atoms with E-state index in [9.17, 15) is 4.79 Å². The Kier molecular flexibility index (Phi) is 4.37. The zero-order valence-electron chi connectivity index (χ0n) is 13.5. The lowest BCUT2D eigenvalue weighted by Gasteiger charge is -2.30. The Balaban J connectivity index is 1.61. The molecule has 0 radical (unpaired) electrons. The van der Waals surface area contributed by atoms with E-state index in [4.69, 9.17) is 11.6 Å². The molecule has 1 saturated heterocycles. The van der Waals surface area contributed by atoms with Crippen LogP contribution >= 0.6 is 22.9 Å². The summed E-state index contributed by atoms with van der Waals surface area (Å²) in [5.74, 6) is 0.0622. The van der Waals surface area contributed by atoms with Gasteiger partial charge in [0.15, 0.2) is 0 Å². The van der Waals surface area contributed by atoms with Gasteiger partial charge in [-0.3, -0.25) is 4.79 Å². The summed E-state index contributed by atoms with van der Waals surface area (Å²) >= 11 is 7.97. The van der Waals surface area contributed by atoms with Crippen molar-refractivity contribution in [3.8, 4) is 0 Å². The molecule has 126 valence electrons. The first-order chi connectivity index (χ1) is 11.7. The Hall–Kier alpha value is -1.36. The number of nitrogens with zero attached hydrogens (tertiary/aromatic N) is 1. The predicted molar refractivity (Wildman–Crippen MR) is 98.6 cm³/mol. The molecule has 1 aliphatic heterocycles. The molecular formula is C19H21ClN2OS. The minimum atomic E-state index is 0.0622. The van der Waals surface area contributed by atoms with Gasteiger partial charge in [-0.1, -0.05) is 23.7 Å². The SMILES string of the molecule is O=C(c1ccccc1Cl)N(Cc1ccsc1)C1CC12CCNCC2.